The first-order valence-corrected chi connectivity index (χ1v) is 8.26. The van der Waals surface area contributed by atoms with Crippen LogP contribution in [0.25, 0.3) is 0 Å². The Morgan fingerprint density at radius 1 is 1.30 bits per heavy atom. The average Bonchev–Trinajstić information content (AvgIpc) is 2.38. The predicted octanol–water partition coefficient (Wildman–Crippen LogP) is 1.65. The van der Waals surface area contributed by atoms with Gasteiger partial charge in [-0.1, -0.05) is 50.6 Å². The first kappa shape index (κ1) is 16.7. The van der Waals surface area contributed by atoms with Gasteiger partial charge in [0.1, 0.15) is 6.04 Å². The molecule has 2 N–H and O–H groups in total. The van der Waals surface area contributed by atoms with E-state index in [0.717, 1.165) is 12.0 Å². The van der Waals surface area contributed by atoms with Crippen LogP contribution in [0.15, 0.2) is 30.3 Å². The summed E-state index contributed by atoms with van der Waals surface area (Å²) in [5.74, 6) is -1.22. The van der Waals surface area contributed by atoms with Gasteiger partial charge in [0.15, 0.2) is 0 Å². The number of rotatable bonds is 8. The lowest BCUT2D eigenvalue weighted by molar-refractivity contribution is -0.138. The Labute approximate surface area is 120 Å². The molecule has 0 aromatic heterocycles. The summed E-state index contributed by atoms with van der Waals surface area (Å²) in [6.07, 6.45) is 0.868. The number of sulfonamides is 1. The molecule has 0 aliphatic heterocycles. The van der Waals surface area contributed by atoms with Crippen molar-refractivity contribution >= 4 is 16.0 Å². The average molecular weight is 299 g/mol. The van der Waals surface area contributed by atoms with Gasteiger partial charge in [-0.3, -0.25) is 4.79 Å². The van der Waals surface area contributed by atoms with Crippen molar-refractivity contribution in [1.82, 2.24) is 4.72 Å². The molecule has 5 nitrogen and oxygen atoms in total. The van der Waals surface area contributed by atoms with Gasteiger partial charge >= 0.3 is 5.97 Å². The highest BCUT2D eigenvalue weighted by molar-refractivity contribution is 7.89. The lowest BCUT2D eigenvalue weighted by Gasteiger charge is -2.16. The first-order valence-electron chi connectivity index (χ1n) is 6.60. The van der Waals surface area contributed by atoms with Crippen molar-refractivity contribution < 1.29 is 18.3 Å². The fourth-order valence-electron chi connectivity index (χ4n) is 1.79. The van der Waals surface area contributed by atoms with Crippen LogP contribution in [0, 0.1) is 5.92 Å². The van der Waals surface area contributed by atoms with Crippen LogP contribution in [0.3, 0.4) is 0 Å². The molecule has 0 fully saturated rings. The minimum atomic E-state index is -3.59. The van der Waals surface area contributed by atoms with E-state index in [4.69, 9.17) is 5.11 Å². The summed E-state index contributed by atoms with van der Waals surface area (Å²) in [5, 5.41) is 9.16. The van der Waals surface area contributed by atoms with Gasteiger partial charge in [0.2, 0.25) is 10.0 Å². The highest BCUT2D eigenvalue weighted by Gasteiger charge is 2.25. The number of aliphatic carboxylic acids is 1. The second-order valence-electron chi connectivity index (χ2n) is 4.99. The molecule has 0 aliphatic carbocycles. The molecule has 1 rings (SSSR count). The molecular weight excluding hydrogens is 278 g/mol. The normalized spacial score (nSPS) is 14.7. The minimum absolute atomic E-state index is 0.00123. The number of hydrogen-bond acceptors (Lipinski definition) is 3. The van der Waals surface area contributed by atoms with Gasteiger partial charge in [0.25, 0.3) is 0 Å². The molecule has 6 heteroatoms. The number of carboxylic acids is 1. The molecular formula is C14H21NO4S. The number of hydrogen-bond donors (Lipinski definition) is 2. The monoisotopic (exact) mass is 299 g/mol. The van der Waals surface area contributed by atoms with Crippen LogP contribution in [0.5, 0.6) is 0 Å². The second-order valence-corrected chi connectivity index (χ2v) is 6.79. The second kappa shape index (κ2) is 7.40. The summed E-state index contributed by atoms with van der Waals surface area (Å²) in [6, 6.07) is 7.83. The zero-order valence-corrected chi connectivity index (χ0v) is 12.6. The van der Waals surface area contributed by atoms with Crippen LogP contribution in [-0.2, 0) is 21.2 Å². The molecule has 0 bridgehead atoms. The molecule has 0 spiro atoms. The van der Waals surface area contributed by atoms with Crippen molar-refractivity contribution in [3.63, 3.8) is 0 Å². The van der Waals surface area contributed by atoms with E-state index in [0.29, 0.717) is 0 Å². The third kappa shape index (κ3) is 5.71. The molecule has 0 saturated heterocycles. The van der Waals surface area contributed by atoms with E-state index in [1.807, 2.05) is 19.9 Å². The maximum absolute atomic E-state index is 11.9. The smallest absolute Gasteiger partial charge is 0.322 e. The molecule has 0 heterocycles. The summed E-state index contributed by atoms with van der Waals surface area (Å²) < 4.78 is 26.1. The van der Waals surface area contributed by atoms with Crippen molar-refractivity contribution in [1.29, 1.82) is 0 Å². The van der Waals surface area contributed by atoms with Crippen LogP contribution >= 0.6 is 0 Å². The Morgan fingerprint density at radius 3 is 2.40 bits per heavy atom. The van der Waals surface area contributed by atoms with Gasteiger partial charge < -0.3 is 5.11 Å². The van der Waals surface area contributed by atoms with E-state index in [2.05, 4.69) is 4.72 Å². The Hall–Kier alpha value is -1.40. The lowest BCUT2D eigenvalue weighted by atomic mass is 10.1. The van der Waals surface area contributed by atoms with E-state index in [1.165, 1.54) is 0 Å². The number of carbonyl (C=O) groups is 1. The van der Waals surface area contributed by atoms with Gasteiger partial charge in [-0.2, -0.15) is 0 Å². The third-order valence-electron chi connectivity index (χ3n) is 3.10. The summed E-state index contributed by atoms with van der Waals surface area (Å²) in [5.41, 5.74) is 0.783. The topological polar surface area (TPSA) is 83.5 Å². The van der Waals surface area contributed by atoms with Crippen molar-refractivity contribution in [2.24, 2.45) is 5.92 Å². The number of carboxylic acid groups (broad SMARTS) is 1. The maximum Gasteiger partial charge on any atom is 0.322 e. The molecule has 20 heavy (non-hydrogen) atoms. The van der Waals surface area contributed by atoms with Crippen LogP contribution in [0.4, 0.5) is 0 Å². The van der Waals surface area contributed by atoms with Crippen molar-refractivity contribution in [2.75, 3.05) is 5.75 Å². The van der Waals surface area contributed by atoms with Crippen LogP contribution in [-0.4, -0.2) is 31.3 Å². The molecule has 1 aromatic carbocycles. The van der Waals surface area contributed by atoms with Crippen LogP contribution in [0.2, 0.25) is 0 Å². The summed E-state index contributed by atoms with van der Waals surface area (Å²) in [6.45, 7) is 3.73. The van der Waals surface area contributed by atoms with Gasteiger partial charge in [-0.25, -0.2) is 13.1 Å². The highest BCUT2D eigenvalue weighted by atomic mass is 32.2. The first-order chi connectivity index (χ1) is 9.34. The van der Waals surface area contributed by atoms with Gasteiger partial charge in [0, 0.05) is 0 Å². The van der Waals surface area contributed by atoms with Crippen molar-refractivity contribution in [3.05, 3.63) is 35.9 Å². The molecule has 1 unspecified atom stereocenters. The van der Waals surface area contributed by atoms with Crippen LogP contribution in [0.1, 0.15) is 25.8 Å². The minimum Gasteiger partial charge on any atom is -0.480 e. The maximum atomic E-state index is 11.9. The Balaban J connectivity index is 2.75. The SMILES string of the molecule is CCC(C)CS(=O)(=O)N[C@@H](Cc1ccccc1)C(=O)O. The summed E-state index contributed by atoms with van der Waals surface area (Å²) >= 11 is 0. The van der Waals surface area contributed by atoms with E-state index in [1.54, 1.807) is 24.3 Å². The Bertz CT molecular complexity index is 527. The van der Waals surface area contributed by atoms with E-state index < -0.39 is 22.0 Å². The third-order valence-corrected chi connectivity index (χ3v) is 4.75. The fraction of sp³-hybridized carbons (Fsp3) is 0.500. The zero-order chi connectivity index (χ0) is 15.2. The molecule has 0 amide bonds. The van der Waals surface area contributed by atoms with Gasteiger partial charge in [-0.05, 0) is 17.9 Å². The van der Waals surface area contributed by atoms with Crippen molar-refractivity contribution in [2.45, 2.75) is 32.7 Å². The van der Waals surface area contributed by atoms with Gasteiger partial charge in [-0.15, -0.1) is 0 Å². The highest BCUT2D eigenvalue weighted by Crippen LogP contribution is 2.08. The van der Waals surface area contributed by atoms with Crippen molar-refractivity contribution in [3.8, 4) is 0 Å². The molecule has 0 saturated carbocycles. The summed E-state index contributed by atoms with van der Waals surface area (Å²) in [4.78, 5) is 11.2. The van der Waals surface area contributed by atoms with E-state index >= 15 is 0 Å². The number of nitrogens with one attached hydrogen (secondary N) is 1. The zero-order valence-electron chi connectivity index (χ0n) is 11.7. The lowest BCUT2D eigenvalue weighted by Crippen LogP contribution is -2.44. The largest absolute Gasteiger partial charge is 0.480 e. The standard InChI is InChI=1S/C14H21NO4S/c1-3-11(2)10-20(18,19)15-13(14(16)17)9-12-7-5-4-6-8-12/h4-8,11,13,15H,3,9-10H2,1-2H3,(H,16,17)/t11?,13-/m0/s1. The van der Waals surface area contributed by atoms with E-state index in [9.17, 15) is 13.2 Å². The van der Waals surface area contributed by atoms with E-state index in [-0.39, 0.29) is 18.1 Å². The quantitative estimate of drug-likeness (QED) is 0.764. The molecule has 0 aliphatic rings. The Kier molecular flexibility index (Phi) is 6.16. The molecule has 112 valence electrons. The molecule has 1 aromatic rings. The fourth-order valence-corrected chi connectivity index (χ4v) is 3.49. The Morgan fingerprint density at radius 2 is 1.90 bits per heavy atom. The number of benzene rings is 1. The predicted molar refractivity (Wildman–Crippen MR) is 77.9 cm³/mol. The molecule has 0 radical (unpaired) electrons. The van der Waals surface area contributed by atoms with Gasteiger partial charge in [0.05, 0.1) is 5.75 Å². The summed E-state index contributed by atoms with van der Waals surface area (Å²) in [7, 11) is -3.59. The van der Waals surface area contributed by atoms with Crippen LogP contribution < -0.4 is 4.72 Å². The molecule has 2 atom stereocenters.